The van der Waals surface area contributed by atoms with E-state index in [1.165, 1.54) is 12.5 Å². The van der Waals surface area contributed by atoms with Crippen LogP contribution < -0.4 is 10.1 Å². The van der Waals surface area contributed by atoms with E-state index in [0.717, 1.165) is 24.1 Å². The van der Waals surface area contributed by atoms with Gasteiger partial charge in [0, 0.05) is 6.54 Å². The molecule has 4 nitrogen and oxygen atoms in total. The first kappa shape index (κ1) is 11.2. The summed E-state index contributed by atoms with van der Waals surface area (Å²) >= 11 is 0. The van der Waals surface area contributed by atoms with Gasteiger partial charge in [0.05, 0.1) is 6.20 Å². The molecule has 0 aliphatic carbocycles. The molecule has 0 unspecified atom stereocenters. The maximum Gasteiger partial charge on any atom is 0.181 e. The Bertz CT molecular complexity index is 540. The number of benzene rings is 1. The van der Waals surface area contributed by atoms with Gasteiger partial charge < -0.3 is 14.5 Å². The molecule has 1 aliphatic heterocycles. The van der Waals surface area contributed by atoms with E-state index in [4.69, 9.17) is 9.15 Å². The molecule has 0 saturated heterocycles. The molecular formula is C13H13FN2O2. The molecule has 0 spiro atoms. The van der Waals surface area contributed by atoms with Crippen molar-refractivity contribution in [3.05, 3.63) is 47.4 Å². The second-order valence-corrected chi connectivity index (χ2v) is 4.23. The van der Waals surface area contributed by atoms with Crippen LogP contribution in [0.2, 0.25) is 0 Å². The van der Waals surface area contributed by atoms with Gasteiger partial charge in [-0.05, 0) is 36.2 Å². The minimum atomic E-state index is -0.336. The van der Waals surface area contributed by atoms with Gasteiger partial charge in [0.1, 0.15) is 6.61 Å². The maximum absolute atomic E-state index is 13.8. The number of halogens is 1. The summed E-state index contributed by atoms with van der Waals surface area (Å²) in [6.45, 7) is 1.82. The van der Waals surface area contributed by atoms with Crippen LogP contribution in [-0.4, -0.2) is 11.5 Å². The summed E-state index contributed by atoms with van der Waals surface area (Å²) in [6.07, 6.45) is 3.78. The molecule has 1 aromatic carbocycles. The number of oxazole rings is 1. The zero-order chi connectivity index (χ0) is 12.4. The summed E-state index contributed by atoms with van der Waals surface area (Å²) in [5.41, 5.74) is 2.15. The highest BCUT2D eigenvalue weighted by molar-refractivity contribution is 5.38. The van der Waals surface area contributed by atoms with Crippen molar-refractivity contribution in [1.29, 1.82) is 0 Å². The van der Waals surface area contributed by atoms with Crippen LogP contribution in [0.15, 0.2) is 29.1 Å². The van der Waals surface area contributed by atoms with Gasteiger partial charge in [0.15, 0.2) is 23.7 Å². The maximum atomic E-state index is 13.8. The topological polar surface area (TPSA) is 47.3 Å². The number of ether oxygens (including phenoxy) is 1. The van der Waals surface area contributed by atoms with Gasteiger partial charge in [-0.25, -0.2) is 9.37 Å². The molecule has 0 radical (unpaired) electrons. The zero-order valence-electron chi connectivity index (χ0n) is 9.78. The summed E-state index contributed by atoms with van der Waals surface area (Å²) < 4.78 is 24.3. The summed E-state index contributed by atoms with van der Waals surface area (Å²) in [5, 5.41) is 3.21. The quantitative estimate of drug-likeness (QED) is 0.903. The first-order chi connectivity index (χ1) is 8.83. The number of aromatic nitrogens is 1. The molecule has 0 saturated carbocycles. The number of hydrogen-bond donors (Lipinski definition) is 1. The number of rotatable bonds is 3. The lowest BCUT2D eigenvalue weighted by molar-refractivity contribution is 0.258. The van der Waals surface area contributed by atoms with Gasteiger partial charge >= 0.3 is 0 Å². The Kier molecular flexibility index (Phi) is 2.98. The second kappa shape index (κ2) is 4.78. The fraction of sp³-hybridized carbons (Fsp3) is 0.308. The first-order valence-corrected chi connectivity index (χ1v) is 5.85. The van der Waals surface area contributed by atoms with Gasteiger partial charge in [0.2, 0.25) is 0 Å². The van der Waals surface area contributed by atoms with E-state index >= 15 is 0 Å². The SMILES string of the molecule is Fc1cc2c(cc1OCc1cnco1)CCNC2. The largest absolute Gasteiger partial charge is 0.483 e. The Balaban J connectivity index is 1.79. The average molecular weight is 248 g/mol. The lowest BCUT2D eigenvalue weighted by Crippen LogP contribution is -2.23. The van der Waals surface area contributed by atoms with Gasteiger partial charge in [-0.15, -0.1) is 0 Å². The summed E-state index contributed by atoms with van der Waals surface area (Å²) in [6, 6.07) is 3.32. The third kappa shape index (κ3) is 2.22. The smallest absolute Gasteiger partial charge is 0.181 e. The van der Waals surface area contributed by atoms with E-state index < -0.39 is 0 Å². The molecule has 1 aromatic heterocycles. The molecule has 5 heteroatoms. The summed E-state index contributed by atoms with van der Waals surface area (Å²) in [7, 11) is 0. The number of hydrogen-bond acceptors (Lipinski definition) is 4. The van der Waals surface area contributed by atoms with Crippen molar-refractivity contribution < 1.29 is 13.5 Å². The molecule has 2 aromatic rings. The van der Waals surface area contributed by atoms with Crippen molar-refractivity contribution in [2.75, 3.05) is 6.54 Å². The Labute approximate surface area is 104 Å². The van der Waals surface area contributed by atoms with Crippen LogP contribution in [-0.2, 0) is 19.6 Å². The zero-order valence-corrected chi connectivity index (χ0v) is 9.78. The number of fused-ring (bicyclic) bond motifs is 1. The van der Waals surface area contributed by atoms with Crippen LogP contribution >= 0.6 is 0 Å². The van der Waals surface area contributed by atoms with Crippen LogP contribution in [0.25, 0.3) is 0 Å². The van der Waals surface area contributed by atoms with Crippen molar-refractivity contribution in [1.82, 2.24) is 10.3 Å². The van der Waals surface area contributed by atoms with Crippen molar-refractivity contribution in [3.8, 4) is 5.75 Å². The Hall–Kier alpha value is -1.88. The highest BCUT2D eigenvalue weighted by Gasteiger charge is 2.14. The van der Waals surface area contributed by atoms with Crippen molar-refractivity contribution in [2.45, 2.75) is 19.6 Å². The lowest BCUT2D eigenvalue weighted by Gasteiger charge is -2.18. The highest BCUT2D eigenvalue weighted by atomic mass is 19.1. The Morgan fingerprint density at radius 2 is 2.33 bits per heavy atom. The van der Waals surface area contributed by atoms with Crippen LogP contribution in [0.1, 0.15) is 16.9 Å². The van der Waals surface area contributed by atoms with Crippen LogP contribution in [0, 0.1) is 5.82 Å². The number of nitrogens with one attached hydrogen (secondary N) is 1. The van der Waals surface area contributed by atoms with Crippen molar-refractivity contribution in [3.63, 3.8) is 0 Å². The van der Waals surface area contributed by atoms with Crippen molar-refractivity contribution >= 4 is 0 Å². The molecular weight excluding hydrogens is 235 g/mol. The molecule has 1 N–H and O–H groups in total. The molecule has 0 fully saturated rings. The van der Waals surface area contributed by atoms with Gasteiger partial charge in [-0.1, -0.05) is 0 Å². The predicted octanol–water partition coefficient (Wildman–Crippen LogP) is 2.04. The normalized spacial score (nSPS) is 14.3. The first-order valence-electron chi connectivity index (χ1n) is 5.85. The minimum absolute atomic E-state index is 0.188. The van der Waals surface area contributed by atoms with E-state index in [0.29, 0.717) is 12.3 Å². The monoisotopic (exact) mass is 248 g/mol. The van der Waals surface area contributed by atoms with E-state index in [-0.39, 0.29) is 18.2 Å². The summed E-state index contributed by atoms with van der Waals surface area (Å²) in [4.78, 5) is 3.78. The molecule has 1 aliphatic rings. The van der Waals surface area contributed by atoms with Crippen LogP contribution in [0.3, 0.4) is 0 Å². The second-order valence-electron chi connectivity index (χ2n) is 4.23. The van der Waals surface area contributed by atoms with Gasteiger partial charge in [-0.2, -0.15) is 0 Å². The van der Waals surface area contributed by atoms with Crippen LogP contribution in [0.4, 0.5) is 4.39 Å². The molecule has 2 heterocycles. The van der Waals surface area contributed by atoms with Crippen molar-refractivity contribution in [2.24, 2.45) is 0 Å². The van der Waals surface area contributed by atoms with Gasteiger partial charge in [0.25, 0.3) is 0 Å². The van der Waals surface area contributed by atoms with E-state index in [2.05, 4.69) is 10.3 Å². The third-order valence-electron chi connectivity index (χ3n) is 2.99. The standard InChI is InChI=1S/C13H13FN2O2/c14-12-3-10-5-15-2-1-9(10)4-13(12)17-7-11-6-16-8-18-11/h3-4,6,8,15H,1-2,5,7H2. The van der Waals surface area contributed by atoms with Crippen LogP contribution in [0.5, 0.6) is 5.75 Å². The number of nitrogens with zero attached hydrogens (tertiary/aromatic N) is 1. The predicted molar refractivity (Wildman–Crippen MR) is 62.6 cm³/mol. The highest BCUT2D eigenvalue weighted by Crippen LogP contribution is 2.25. The van der Waals surface area contributed by atoms with E-state index in [1.54, 1.807) is 12.3 Å². The van der Waals surface area contributed by atoms with E-state index in [9.17, 15) is 4.39 Å². The molecule has 0 amide bonds. The Morgan fingerprint density at radius 1 is 1.39 bits per heavy atom. The lowest BCUT2D eigenvalue weighted by atomic mass is 10.0. The fourth-order valence-corrected chi connectivity index (χ4v) is 2.05. The molecule has 3 rings (SSSR count). The molecule has 0 atom stereocenters. The Morgan fingerprint density at radius 3 is 3.17 bits per heavy atom. The van der Waals surface area contributed by atoms with Gasteiger partial charge in [-0.3, -0.25) is 0 Å². The minimum Gasteiger partial charge on any atom is -0.483 e. The summed E-state index contributed by atoms with van der Waals surface area (Å²) in [5.74, 6) is 0.512. The fourth-order valence-electron chi connectivity index (χ4n) is 2.05. The van der Waals surface area contributed by atoms with E-state index in [1.807, 2.05) is 0 Å². The molecule has 18 heavy (non-hydrogen) atoms. The third-order valence-corrected chi connectivity index (χ3v) is 2.99. The molecule has 0 bridgehead atoms. The average Bonchev–Trinajstić information content (AvgIpc) is 2.89. The molecule has 94 valence electrons.